The monoisotopic (exact) mass is 466 g/mol. The number of thioether (sulfide) groups is 1. The molecule has 0 spiro atoms. The average Bonchev–Trinajstić information content (AvgIpc) is 3.17. The summed E-state index contributed by atoms with van der Waals surface area (Å²) in [5.74, 6) is 0.524. The van der Waals surface area contributed by atoms with Crippen LogP contribution in [0.3, 0.4) is 0 Å². The van der Waals surface area contributed by atoms with E-state index in [0.29, 0.717) is 29.9 Å². The van der Waals surface area contributed by atoms with Crippen molar-refractivity contribution in [1.29, 1.82) is 0 Å². The summed E-state index contributed by atoms with van der Waals surface area (Å²) in [7, 11) is 0. The van der Waals surface area contributed by atoms with Gasteiger partial charge in [-0.1, -0.05) is 36.4 Å². The van der Waals surface area contributed by atoms with Crippen LogP contribution in [0.1, 0.15) is 24.5 Å². The molecule has 1 unspecified atom stereocenters. The Morgan fingerprint density at radius 3 is 2.56 bits per heavy atom. The fourth-order valence-electron chi connectivity index (χ4n) is 3.72. The van der Waals surface area contributed by atoms with E-state index in [0.717, 1.165) is 11.6 Å². The highest BCUT2D eigenvalue weighted by atomic mass is 32.2. The standard InChI is InChI=1S/C23H25F3N2O3S/c1-14(29)28-20(10-11-32-2)22(30)27-13-16-12-15-6-5-8-18(21(15)31-16)17-7-3-4-9-19(17)23(24,25)26/h3-9,16,20H,10-13H2,1-2H3,(H,27,30)(H,28,29)/t16?,20-/m0/s1. The summed E-state index contributed by atoms with van der Waals surface area (Å²) in [6.45, 7) is 1.54. The van der Waals surface area contributed by atoms with Crippen LogP contribution in [-0.4, -0.2) is 42.5 Å². The first-order chi connectivity index (χ1) is 15.2. The van der Waals surface area contributed by atoms with Crippen LogP contribution in [0.5, 0.6) is 5.75 Å². The molecule has 0 bridgehead atoms. The van der Waals surface area contributed by atoms with E-state index in [9.17, 15) is 22.8 Å². The third-order valence-electron chi connectivity index (χ3n) is 5.16. The van der Waals surface area contributed by atoms with Gasteiger partial charge in [0.2, 0.25) is 11.8 Å². The molecule has 2 aromatic rings. The first-order valence-electron chi connectivity index (χ1n) is 10.2. The van der Waals surface area contributed by atoms with Crippen LogP contribution in [0.2, 0.25) is 0 Å². The molecule has 0 aliphatic carbocycles. The number of hydrogen-bond acceptors (Lipinski definition) is 4. The predicted molar refractivity (Wildman–Crippen MR) is 119 cm³/mol. The zero-order valence-electron chi connectivity index (χ0n) is 17.8. The summed E-state index contributed by atoms with van der Waals surface area (Å²) in [6.07, 6.45) is -2.02. The van der Waals surface area contributed by atoms with Crippen molar-refractivity contribution in [2.45, 2.75) is 38.1 Å². The van der Waals surface area contributed by atoms with E-state index in [-0.39, 0.29) is 23.9 Å². The topological polar surface area (TPSA) is 67.4 Å². The van der Waals surface area contributed by atoms with Crippen molar-refractivity contribution in [3.05, 3.63) is 53.6 Å². The molecule has 2 amide bonds. The molecule has 0 aromatic heterocycles. The maximum atomic E-state index is 13.5. The van der Waals surface area contributed by atoms with Gasteiger partial charge in [0.1, 0.15) is 17.9 Å². The molecular weight excluding hydrogens is 441 g/mol. The quantitative estimate of drug-likeness (QED) is 0.616. The van der Waals surface area contributed by atoms with E-state index in [1.165, 1.54) is 19.1 Å². The van der Waals surface area contributed by atoms with Crippen molar-refractivity contribution in [2.75, 3.05) is 18.6 Å². The number of alkyl halides is 3. The molecule has 0 radical (unpaired) electrons. The third kappa shape index (κ3) is 5.76. The van der Waals surface area contributed by atoms with Crippen molar-refractivity contribution >= 4 is 23.6 Å². The molecule has 32 heavy (non-hydrogen) atoms. The van der Waals surface area contributed by atoms with Gasteiger partial charge < -0.3 is 15.4 Å². The van der Waals surface area contributed by atoms with Gasteiger partial charge >= 0.3 is 6.18 Å². The summed E-state index contributed by atoms with van der Waals surface area (Å²) < 4.78 is 46.5. The smallest absolute Gasteiger partial charge is 0.417 e. The van der Waals surface area contributed by atoms with E-state index in [2.05, 4.69) is 10.6 Å². The summed E-state index contributed by atoms with van der Waals surface area (Å²) in [6, 6.07) is 9.90. The number of hydrogen-bond donors (Lipinski definition) is 2. The third-order valence-corrected chi connectivity index (χ3v) is 5.80. The number of carbonyl (C=O) groups excluding carboxylic acids is 2. The zero-order valence-corrected chi connectivity index (χ0v) is 18.6. The van der Waals surface area contributed by atoms with Gasteiger partial charge in [-0.2, -0.15) is 24.9 Å². The van der Waals surface area contributed by atoms with Crippen LogP contribution in [0, 0.1) is 0 Å². The number of para-hydroxylation sites is 1. The number of carbonyl (C=O) groups is 2. The molecule has 1 aliphatic rings. The highest BCUT2D eigenvalue weighted by Gasteiger charge is 2.35. The molecule has 2 atom stereocenters. The zero-order chi connectivity index (χ0) is 23.3. The van der Waals surface area contributed by atoms with Crippen LogP contribution in [0.15, 0.2) is 42.5 Å². The molecule has 0 saturated heterocycles. The number of ether oxygens (including phenoxy) is 1. The first-order valence-corrected chi connectivity index (χ1v) is 11.6. The van der Waals surface area contributed by atoms with E-state index in [1.54, 1.807) is 30.0 Å². The Balaban J connectivity index is 1.73. The highest BCUT2D eigenvalue weighted by molar-refractivity contribution is 7.98. The van der Waals surface area contributed by atoms with Gasteiger partial charge in [-0.3, -0.25) is 9.59 Å². The predicted octanol–water partition coefficient (Wildman–Crippen LogP) is 4.05. The largest absolute Gasteiger partial charge is 0.487 e. The van der Waals surface area contributed by atoms with Gasteiger partial charge in [-0.05, 0) is 35.6 Å². The Bertz CT molecular complexity index is 981. The maximum absolute atomic E-state index is 13.5. The Hall–Kier alpha value is -2.68. The second kappa shape index (κ2) is 10.3. The van der Waals surface area contributed by atoms with Crippen LogP contribution in [0.25, 0.3) is 11.1 Å². The van der Waals surface area contributed by atoms with Gasteiger partial charge in [0.15, 0.2) is 0 Å². The number of fused-ring (bicyclic) bond motifs is 1. The highest BCUT2D eigenvalue weighted by Crippen LogP contribution is 2.43. The maximum Gasteiger partial charge on any atom is 0.417 e. The van der Waals surface area contributed by atoms with E-state index >= 15 is 0 Å². The Labute approximate surface area is 189 Å². The van der Waals surface area contributed by atoms with Crippen molar-refractivity contribution in [3.8, 4) is 16.9 Å². The van der Waals surface area contributed by atoms with Crippen molar-refractivity contribution in [3.63, 3.8) is 0 Å². The normalized spacial score (nSPS) is 16.1. The number of nitrogens with one attached hydrogen (secondary N) is 2. The van der Waals surface area contributed by atoms with Crippen molar-refractivity contribution in [1.82, 2.24) is 10.6 Å². The lowest BCUT2D eigenvalue weighted by Gasteiger charge is -2.19. The summed E-state index contributed by atoms with van der Waals surface area (Å²) >= 11 is 1.58. The van der Waals surface area contributed by atoms with Crippen LogP contribution in [0.4, 0.5) is 13.2 Å². The summed E-state index contributed by atoms with van der Waals surface area (Å²) in [4.78, 5) is 23.9. The van der Waals surface area contributed by atoms with Crippen LogP contribution < -0.4 is 15.4 Å². The summed E-state index contributed by atoms with van der Waals surface area (Å²) in [5, 5.41) is 5.45. The fraction of sp³-hybridized carbons (Fsp3) is 0.391. The van der Waals surface area contributed by atoms with Gasteiger partial charge in [0.25, 0.3) is 0 Å². The molecule has 2 aromatic carbocycles. The molecule has 0 fully saturated rings. The Morgan fingerprint density at radius 2 is 1.88 bits per heavy atom. The first kappa shape index (κ1) is 24.0. The molecular formula is C23H25F3N2O3S. The molecule has 1 heterocycles. The molecule has 172 valence electrons. The Kier molecular flexibility index (Phi) is 7.71. The molecule has 9 heteroatoms. The van der Waals surface area contributed by atoms with E-state index < -0.39 is 23.9 Å². The fourth-order valence-corrected chi connectivity index (χ4v) is 4.19. The molecule has 3 rings (SSSR count). The van der Waals surface area contributed by atoms with Gasteiger partial charge in [-0.15, -0.1) is 0 Å². The van der Waals surface area contributed by atoms with Gasteiger partial charge in [-0.25, -0.2) is 0 Å². The second-order valence-electron chi connectivity index (χ2n) is 7.56. The average molecular weight is 467 g/mol. The molecule has 2 N–H and O–H groups in total. The minimum absolute atomic E-state index is 0.0596. The second-order valence-corrected chi connectivity index (χ2v) is 8.55. The van der Waals surface area contributed by atoms with Crippen LogP contribution >= 0.6 is 11.8 Å². The number of benzene rings is 2. The minimum Gasteiger partial charge on any atom is -0.487 e. The summed E-state index contributed by atoms with van der Waals surface area (Å²) in [5.41, 5.74) is 0.505. The number of rotatable bonds is 8. The SMILES string of the molecule is CSCC[C@H](NC(C)=O)C(=O)NCC1Cc2cccc(-c3ccccc3C(F)(F)F)c2O1. The van der Waals surface area contributed by atoms with Crippen molar-refractivity contribution < 1.29 is 27.5 Å². The molecule has 0 saturated carbocycles. The van der Waals surface area contributed by atoms with E-state index in [1.807, 2.05) is 12.3 Å². The lowest BCUT2D eigenvalue weighted by atomic mass is 9.96. The number of halogens is 3. The number of amides is 2. The minimum atomic E-state index is -4.49. The molecule has 1 aliphatic heterocycles. The van der Waals surface area contributed by atoms with Gasteiger partial charge in [0, 0.05) is 18.9 Å². The Morgan fingerprint density at radius 1 is 1.16 bits per heavy atom. The lowest BCUT2D eigenvalue weighted by molar-refractivity contribution is -0.137. The van der Waals surface area contributed by atoms with Crippen molar-refractivity contribution in [2.24, 2.45) is 0 Å². The van der Waals surface area contributed by atoms with Gasteiger partial charge in [0.05, 0.1) is 12.1 Å². The van der Waals surface area contributed by atoms with Crippen LogP contribution in [-0.2, 0) is 22.2 Å². The van der Waals surface area contributed by atoms with E-state index in [4.69, 9.17) is 4.74 Å². The molecule has 5 nitrogen and oxygen atoms in total. The lowest BCUT2D eigenvalue weighted by Crippen LogP contribution is -2.48.